The van der Waals surface area contributed by atoms with Gasteiger partial charge >= 0.3 is 0 Å². The molecule has 0 saturated heterocycles. The lowest BCUT2D eigenvalue weighted by molar-refractivity contribution is -0.118. The van der Waals surface area contributed by atoms with E-state index in [2.05, 4.69) is 25.8 Å². The van der Waals surface area contributed by atoms with E-state index in [0.717, 1.165) is 5.56 Å². The van der Waals surface area contributed by atoms with Crippen molar-refractivity contribution in [2.24, 2.45) is 5.92 Å². The van der Waals surface area contributed by atoms with E-state index in [9.17, 15) is 9.59 Å². The average molecular weight is 367 g/mol. The number of benzene rings is 1. The van der Waals surface area contributed by atoms with E-state index in [-0.39, 0.29) is 17.7 Å². The van der Waals surface area contributed by atoms with E-state index in [0.29, 0.717) is 22.9 Å². The first-order chi connectivity index (χ1) is 12.5. The molecule has 1 aromatic carbocycles. The molecule has 2 N–H and O–H groups in total. The summed E-state index contributed by atoms with van der Waals surface area (Å²) in [5.74, 6) is -0.130. The number of aromatic nitrogens is 3. The molecule has 0 unspecified atom stereocenters. The van der Waals surface area contributed by atoms with Crippen LogP contribution >= 0.6 is 11.3 Å². The fraction of sp³-hybridized carbons (Fsp3) is 0.167. The Labute approximate surface area is 154 Å². The lowest BCUT2D eigenvalue weighted by Crippen LogP contribution is -2.17. The first-order valence-corrected chi connectivity index (χ1v) is 8.92. The molecule has 0 aliphatic heterocycles. The van der Waals surface area contributed by atoms with Crippen LogP contribution in [0.2, 0.25) is 0 Å². The van der Waals surface area contributed by atoms with Crippen molar-refractivity contribution in [1.82, 2.24) is 15.2 Å². The van der Waals surface area contributed by atoms with Crippen molar-refractivity contribution >= 4 is 34.7 Å². The Morgan fingerprint density at radius 1 is 1.08 bits per heavy atom. The first kappa shape index (κ1) is 17.7. The molecular formula is C18H17N5O2S. The SMILES string of the molecule is CC(C)C(=O)Nc1cccc(-c2ccc(NC(=O)c3cscn3)nn2)c1. The summed E-state index contributed by atoms with van der Waals surface area (Å²) >= 11 is 1.35. The van der Waals surface area contributed by atoms with Crippen LogP contribution in [-0.2, 0) is 4.79 Å². The number of hydrogen-bond donors (Lipinski definition) is 2. The van der Waals surface area contributed by atoms with Gasteiger partial charge in [-0.25, -0.2) is 4.98 Å². The van der Waals surface area contributed by atoms with Gasteiger partial charge in [0.1, 0.15) is 5.69 Å². The van der Waals surface area contributed by atoms with Crippen LogP contribution in [0.1, 0.15) is 24.3 Å². The third-order valence-corrected chi connectivity index (χ3v) is 4.11. The van der Waals surface area contributed by atoms with E-state index >= 15 is 0 Å². The van der Waals surface area contributed by atoms with E-state index in [4.69, 9.17) is 0 Å². The zero-order chi connectivity index (χ0) is 18.5. The lowest BCUT2D eigenvalue weighted by Gasteiger charge is -2.09. The van der Waals surface area contributed by atoms with Crippen LogP contribution in [-0.4, -0.2) is 27.0 Å². The largest absolute Gasteiger partial charge is 0.326 e. The Morgan fingerprint density at radius 3 is 2.58 bits per heavy atom. The fourth-order valence-electron chi connectivity index (χ4n) is 2.10. The van der Waals surface area contributed by atoms with Crippen molar-refractivity contribution < 1.29 is 9.59 Å². The number of amides is 2. The number of carbonyl (C=O) groups is 2. The Kier molecular flexibility index (Phi) is 5.33. The molecule has 26 heavy (non-hydrogen) atoms. The van der Waals surface area contributed by atoms with Crippen molar-refractivity contribution in [2.75, 3.05) is 10.6 Å². The van der Waals surface area contributed by atoms with Gasteiger partial charge in [-0.15, -0.1) is 21.5 Å². The molecule has 0 bridgehead atoms. The van der Waals surface area contributed by atoms with Gasteiger partial charge in [-0.05, 0) is 24.3 Å². The summed E-state index contributed by atoms with van der Waals surface area (Å²) in [4.78, 5) is 27.7. The van der Waals surface area contributed by atoms with Crippen LogP contribution in [0.5, 0.6) is 0 Å². The van der Waals surface area contributed by atoms with Gasteiger partial charge < -0.3 is 10.6 Å². The molecule has 0 radical (unpaired) electrons. The number of rotatable bonds is 5. The molecule has 132 valence electrons. The predicted molar refractivity (Wildman–Crippen MR) is 101 cm³/mol. The molecule has 0 spiro atoms. The van der Waals surface area contributed by atoms with Crippen LogP contribution in [0.25, 0.3) is 11.3 Å². The molecule has 2 heterocycles. The van der Waals surface area contributed by atoms with Gasteiger partial charge in [-0.3, -0.25) is 9.59 Å². The standard InChI is InChI=1S/C18H17N5O2S/c1-11(2)17(24)20-13-5-3-4-12(8-13)14-6-7-16(23-22-14)21-18(25)15-9-26-10-19-15/h3-11H,1-2H3,(H,20,24)(H,21,23,25). The highest BCUT2D eigenvalue weighted by atomic mass is 32.1. The summed E-state index contributed by atoms with van der Waals surface area (Å²) in [7, 11) is 0. The Hall–Kier alpha value is -3.13. The van der Waals surface area contributed by atoms with Gasteiger partial charge in [-0.2, -0.15) is 0 Å². The summed E-state index contributed by atoms with van der Waals surface area (Å²) in [6, 6.07) is 10.8. The molecule has 7 nitrogen and oxygen atoms in total. The maximum Gasteiger partial charge on any atom is 0.276 e. The van der Waals surface area contributed by atoms with E-state index in [1.54, 1.807) is 23.0 Å². The third-order valence-electron chi connectivity index (χ3n) is 3.52. The zero-order valence-corrected chi connectivity index (χ0v) is 15.1. The van der Waals surface area contributed by atoms with Crippen LogP contribution < -0.4 is 10.6 Å². The predicted octanol–water partition coefficient (Wildman–Crippen LogP) is 3.45. The van der Waals surface area contributed by atoms with Gasteiger partial charge in [0.25, 0.3) is 5.91 Å². The molecule has 8 heteroatoms. The molecule has 3 rings (SSSR count). The summed E-state index contributed by atoms with van der Waals surface area (Å²) in [5, 5.41) is 15.3. The summed E-state index contributed by atoms with van der Waals surface area (Å²) in [6.07, 6.45) is 0. The Bertz CT molecular complexity index is 908. The highest BCUT2D eigenvalue weighted by Crippen LogP contribution is 2.21. The van der Waals surface area contributed by atoms with Crippen LogP contribution in [0.15, 0.2) is 47.3 Å². The molecule has 0 saturated carbocycles. The van der Waals surface area contributed by atoms with Crippen molar-refractivity contribution in [3.8, 4) is 11.3 Å². The van der Waals surface area contributed by atoms with E-state index < -0.39 is 0 Å². The molecular weight excluding hydrogens is 350 g/mol. The van der Waals surface area contributed by atoms with Gasteiger partial charge in [0.15, 0.2) is 5.82 Å². The van der Waals surface area contributed by atoms with Gasteiger partial charge in [0.05, 0.1) is 11.2 Å². The number of nitrogens with one attached hydrogen (secondary N) is 2. The number of hydrogen-bond acceptors (Lipinski definition) is 6. The molecule has 2 amide bonds. The quantitative estimate of drug-likeness (QED) is 0.720. The second-order valence-electron chi connectivity index (χ2n) is 5.86. The highest BCUT2D eigenvalue weighted by molar-refractivity contribution is 7.07. The average Bonchev–Trinajstić information content (AvgIpc) is 3.17. The molecule has 0 aliphatic rings. The minimum Gasteiger partial charge on any atom is -0.326 e. The minimum atomic E-state index is -0.327. The van der Waals surface area contributed by atoms with Crippen molar-refractivity contribution in [3.05, 3.63) is 53.0 Å². The van der Waals surface area contributed by atoms with Crippen molar-refractivity contribution in [3.63, 3.8) is 0 Å². The zero-order valence-electron chi connectivity index (χ0n) is 14.3. The molecule has 0 atom stereocenters. The highest BCUT2D eigenvalue weighted by Gasteiger charge is 2.10. The number of anilines is 2. The van der Waals surface area contributed by atoms with Crippen molar-refractivity contribution in [1.29, 1.82) is 0 Å². The molecule has 3 aromatic rings. The number of thiazole rings is 1. The van der Waals surface area contributed by atoms with Crippen LogP contribution in [0, 0.1) is 5.92 Å². The topological polar surface area (TPSA) is 96.9 Å². The maximum atomic E-state index is 12.0. The summed E-state index contributed by atoms with van der Waals surface area (Å²) < 4.78 is 0. The summed E-state index contributed by atoms with van der Waals surface area (Å²) in [6.45, 7) is 3.67. The van der Waals surface area contributed by atoms with E-state index in [1.165, 1.54) is 11.3 Å². The Balaban J connectivity index is 1.72. The van der Waals surface area contributed by atoms with Crippen LogP contribution in [0.3, 0.4) is 0 Å². The molecule has 2 aromatic heterocycles. The maximum absolute atomic E-state index is 12.0. The first-order valence-electron chi connectivity index (χ1n) is 7.97. The van der Waals surface area contributed by atoms with Gasteiger partial charge in [0.2, 0.25) is 5.91 Å². The monoisotopic (exact) mass is 367 g/mol. The molecule has 0 aliphatic carbocycles. The number of carbonyl (C=O) groups excluding carboxylic acids is 2. The number of nitrogens with zero attached hydrogens (tertiary/aromatic N) is 3. The second kappa shape index (κ2) is 7.83. The van der Waals surface area contributed by atoms with Gasteiger partial charge in [0, 0.05) is 22.5 Å². The lowest BCUT2D eigenvalue weighted by atomic mass is 10.1. The molecule has 0 fully saturated rings. The Morgan fingerprint density at radius 2 is 1.92 bits per heavy atom. The van der Waals surface area contributed by atoms with E-state index in [1.807, 2.05) is 38.1 Å². The third kappa shape index (κ3) is 4.28. The second-order valence-corrected chi connectivity index (χ2v) is 6.58. The smallest absolute Gasteiger partial charge is 0.276 e. The van der Waals surface area contributed by atoms with Gasteiger partial charge in [-0.1, -0.05) is 26.0 Å². The fourth-order valence-corrected chi connectivity index (χ4v) is 2.63. The normalized spacial score (nSPS) is 10.6. The van der Waals surface area contributed by atoms with Crippen molar-refractivity contribution in [2.45, 2.75) is 13.8 Å². The minimum absolute atomic E-state index is 0.0478. The van der Waals surface area contributed by atoms with Crippen LogP contribution in [0.4, 0.5) is 11.5 Å². The summed E-state index contributed by atoms with van der Waals surface area (Å²) in [5.41, 5.74) is 4.08.